The molecule has 0 aliphatic heterocycles. The number of esters is 4. The highest BCUT2D eigenvalue weighted by Crippen LogP contribution is 2.23. The number of benzene rings is 2. The van der Waals surface area contributed by atoms with E-state index in [1.165, 1.54) is 0 Å². The Hall–Kier alpha value is -4.74. The van der Waals surface area contributed by atoms with E-state index in [2.05, 4.69) is 10.6 Å². The van der Waals surface area contributed by atoms with E-state index in [1.807, 2.05) is 13.8 Å². The molecule has 12 nitrogen and oxygen atoms in total. The van der Waals surface area contributed by atoms with Gasteiger partial charge >= 0.3 is 23.9 Å². The van der Waals surface area contributed by atoms with Gasteiger partial charge in [-0.15, -0.1) is 0 Å². The number of hydrogen-bond donors (Lipinski definition) is 2. The minimum atomic E-state index is -1.93. The fourth-order valence-corrected chi connectivity index (χ4v) is 3.58. The molecule has 0 spiro atoms. The summed E-state index contributed by atoms with van der Waals surface area (Å²) in [5.41, 5.74) is 2.44. The first-order valence-corrected chi connectivity index (χ1v) is 12.2. The van der Waals surface area contributed by atoms with Gasteiger partial charge in [-0.05, 0) is 38.1 Å². The van der Waals surface area contributed by atoms with Crippen molar-refractivity contribution < 1.29 is 47.7 Å². The molecular formula is C28H32N2O10. The molecule has 2 aromatic rings. The van der Waals surface area contributed by atoms with Gasteiger partial charge in [0.2, 0.25) is 12.2 Å². The largest absolute Gasteiger partial charge is 0.454 e. The van der Waals surface area contributed by atoms with Gasteiger partial charge in [0.15, 0.2) is 12.2 Å². The fraction of sp³-hybridized carbons (Fsp3) is 0.357. The first-order chi connectivity index (χ1) is 18.8. The molecule has 214 valence electrons. The zero-order valence-corrected chi connectivity index (χ0v) is 23.0. The van der Waals surface area contributed by atoms with Gasteiger partial charge in [-0.3, -0.25) is 28.8 Å². The molecule has 0 saturated carbocycles. The zero-order valence-electron chi connectivity index (χ0n) is 23.0. The summed E-state index contributed by atoms with van der Waals surface area (Å²) in [7, 11) is 0. The highest BCUT2D eigenvalue weighted by molar-refractivity contribution is 5.98. The lowest BCUT2D eigenvalue weighted by Crippen LogP contribution is -2.57. The Bertz CT molecular complexity index is 1140. The van der Waals surface area contributed by atoms with Crippen molar-refractivity contribution in [2.75, 3.05) is 10.6 Å². The summed E-state index contributed by atoms with van der Waals surface area (Å²) in [6, 6.07) is 13.2. The van der Waals surface area contributed by atoms with E-state index in [-0.39, 0.29) is 0 Å². The van der Waals surface area contributed by atoms with E-state index in [0.29, 0.717) is 11.4 Å². The highest BCUT2D eigenvalue weighted by atomic mass is 16.6. The van der Waals surface area contributed by atoms with Crippen LogP contribution in [0, 0.1) is 13.8 Å². The number of aryl methyl sites for hydroxylation is 2. The van der Waals surface area contributed by atoms with Crippen molar-refractivity contribution in [1.82, 2.24) is 0 Å². The van der Waals surface area contributed by atoms with E-state index >= 15 is 0 Å². The van der Waals surface area contributed by atoms with Crippen molar-refractivity contribution in [1.29, 1.82) is 0 Å². The smallest absolute Gasteiger partial charge is 0.303 e. The highest BCUT2D eigenvalue weighted by Gasteiger charge is 2.49. The molecule has 40 heavy (non-hydrogen) atoms. The van der Waals surface area contributed by atoms with Crippen LogP contribution in [0.4, 0.5) is 11.4 Å². The van der Waals surface area contributed by atoms with Crippen LogP contribution >= 0.6 is 0 Å². The molecular weight excluding hydrogens is 524 g/mol. The third-order valence-corrected chi connectivity index (χ3v) is 5.27. The number of hydrogen-bond acceptors (Lipinski definition) is 10. The molecule has 0 radical (unpaired) electrons. The quantitative estimate of drug-likeness (QED) is 0.311. The van der Waals surface area contributed by atoms with E-state index in [1.54, 1.807) is 48.5 Å². The predicted molar refractivity (Wildman–Crippen MR) is 142 cm³/mol. The maximum Gasteiger partial charge on any atom is 0.303 e. The van der Waals surface area contributed by atoms with Crippen LogP contribution in [0.15, 0.2) is 48.5 Å². The predicted octanol–water partition coefficient (Wildman–Crippen LogP) is 2.61. The van der Waals surface area contributed by atoms with Crippen LogP contribution in [-0.4, -0.2) is 60.1 Å². The molecule has 12 heteroatoms. The van der Waals surface area contributed by atoms with Crippen molar-refractivity contribution in [3.05, 3.63) is 59.7 Å². The third-order valence-electron chi connectivity index (χ3n) is 5.27. The Balaban J connectivity index is 2.58. The topological polar surface area (TPSA) is 163 Å². The minimum Gasteiger partial charge on any atom is -0.454 e. The summed E-state index contributed by atoms with van der Waals surface area (Å²) in [6.07, 6.45) is -7.69. The molecule has 4 atom stereocenters. The Morgan fingerprint density at radius 1 is 0.500 bits per heavy atom. The van der Waals surface area contributed by atoms with E-state index in [0.717, 1.165) is 38.8 Å². The zero-order chi connectivity index (χ0) is 30.0. The van der Waals surface area contributed by atoms with Gasteiger partial charge < -0.3 is 29.6 Å². The molecule has 2 aromatic carbocycles. The average Bonchev–Trinajstić information content (AvgIpc) is 2.85. The van der Waals surface area contributed by atoms with Gasteiger partial charge in [-0.2, -0.15) is 0 Å². The van der Waals surface area contributed by atoms with E-state index in [9.17, 15) is 28.8 Å². The van der Waals surface area contributed by atoms with Crippen LogP contribution in [-0.2, 0) is 47.7 Å². The first kappa shape index (κ1) is 31.5. The lowest BCUT2D eigenvalue weighted by Gasteiger charge is -2.34. The Morgan fingerprint density at radius 3 is 1.02 bits per heavy atom. The molecule has 0 heterocycles. The molecule has 0 fully saturated rings. The lowest BCUT2D eigenvalue weighted by molar-refractivity contribution is -0.198. The maximum atomic E-state index is 13.4. The molecule has 0 saturated heterocycles. The Kier molecular flexibility index (Phi) is 11.4. The number of nitrogens with one attached hydrogen (secondary N) is 2. The molecule has 2 N–H and O–H groups in total. The molecule has 0 bridgehead atoms. The maximum absolute atomic E-state index is 13.4. The summed E-state index contributed by atoms with van der Waals surface area (Å²) >= 11 is 0. The van der Waals surface area contributed by atoms with Crippen LogP contribution in [0.25, 0.3) is 0 Å². The minimum absolute atomic E-state index is 0.312. The number of amides is 2. The van der Waals surface area contributed by atoms with Crippen molar-refractivity contribution in [2.45, 2.75) is 66.0 Å². The Morgan fingerprint density at radius 2 is 0.775 bits per heavy atom. The molecule has 4 unspecified atom stereocenters. The summed E-state index contributed by atoms with van der Waals surface area (Å²) in [4.78, 5) is 75.1. The van der Waals surface area contributed by atoms with Crippen molar-refractivity contribution >= 4 is 47.1 Å². The Labute approximate surface area is 231 Å². The fourth-order valence-electron chi connectivity index (χ4n) is 3.58. The second kappa shape index (κ2) is 14.4. The van der Waals surface area contributed by atoms with Crippen LogP contribution in [0.2, 0.25) is 0 Å². The van der Waals surface area contributed by atoms with Crippen LogP contribution < -0.4 is 10.6 Å². The number of carbonyl (C=O) groups is 6. The van der Waals surface area contributed by atoms with Crippen LogP contribution in [0.3, 0.4) is 0 Å². The van der Waals surface area contributed by atoms with Crippen LogP contribution in [0.5, 0.6) is 0 Å². The lowest BCUT2D eigenvalue weighted by atomic mass is 10.00. The van der Waals surface area contributed by atoms with E-state index < -0.39 is 60.1 Å². The number of carbonyl (C=O) groups excluding carboxylic acids is 6. The molecule has 0 aromatic heterocycles. The second-order valence-electron chi connectivity index (χ2n) is 8.92. The third kappa shape index (κ3) is 9.86. The summed E-state index contributed by atoms with van der Waals surface area (Å²) in [5, 5.41) is 5.07. The number of anilines is 2. The molecule has 0 aliphatic carbocycles. The molecule has 0 aliphatic rings. The molecule has 2 amide bonds. The van der Waals surface area contributed by atoms with Crippen molar-refractivity contribution in [2.24, 2.45) is 0 Å². The van der Waals surface area contributed by atoms with Gasteiger partial charge in [-0.25, -0.2) is 0 Å². The normalized spacial score (nSPS) is 13.4. The number of ether oxygens (including phenoxy) is 4. The van der Waals surface area contributed by atoms with Gasteiger partial charge in [0.1, 0.15) is 0 Å². The van der Waals surface area contributed by atoms with Crippen LogP contribution in [0.1, 0.15) is 38.8 Å². The standard InChI is InChI=1S/C28H32N2O10/c1-15-7-11-21(12-8-15)29-27(35)25(39-19(5)33)23(37-17(3)31)24(38-18(4)32)26(40-20(6)34)28(36)30-22-13-9-16(2)10-14-22/h7-14,23-26H,1-6H3,(H,29,35)(H,30,36). The SMILES string of the molecule is CC(=O)OC(C(=O)Nc1ccc(C)cc1)C(OC(C)=O)C(OC(C)=O)C(OC(C)=O)C(=O)Nc1ccc(C)cc1. The monoisotopic (exact) mass is 556 g/mol. The first-order valence-electron chi connectivity index (χ1n) is 12.2. The van der Waals surface area contributed by atoms with Crippen molar-refractivity contribution in [3.63, 3.8) is 0 Å². The second-order valence-corrected chi connectivity index (χ2v) is 8.92. The van der Waals surface area contributed by atoms with E-state index in [4.69, 9.17) is 18.9 Å². The van der Waals surface area contributed by atoms with Gasteiger partial charge in [0.25, 0.3) is 11.8 Å². The van der Waals surface area contributed by atoms with Gasteiger partial charge in [-0.1, -0.05) is 35.4 Å². The summed E-state index contributed by atoms with van der Waals surface area (Å²) in [5.74, 6) is -5.77. The average molecular weight is 557 g/mol. The number of rotatable bonds is 11. The van der Waals surface area contributed by atoms with Crippen molar-refractivity contribution in [3.8, 4) is 0 Å². The summed E-state index contributed by atoms with van der Waals surface area (Å²) < 4.78 is 21.0. The summed E-state index contributed by atoms with van der Waals surface area (Å²) in [6.45, 7) is 7.67. The van der Waals surface area contributed by atoms with Gasteiger partial charge in [0.05, 0.1) is 0 Å². The van der Waals surface area contributed by atoms with Gasteiger partial charge in [0, 0.05) is 39.1 Å². The molecule has 2 rings (SSSR count).